The lowest BCUT2D eigenvalue weighted by molar-refractivity contribution is -0.117. The Balaban J connectivity index is 1.65. The van der Waals surface area contributed by atoms with Crippen LogP contribution in [0, 0.1) is 12.7 Å². The Kier molecular flexibility index (Phi) is 4.48. The Bertz CT molecular complexity index is 710. The van der Waals surface area contributed by atoms with Crippen LogP contribution in [0.3, 0.4) is 0 Å². The number of carbonyl (C=O) groups excluding carboxylic acids is 1. The molecule has 23 heavy (non-hydrogen) atoms. The number of aromatic nitrogens is 1. The lowest BCUT2D eigenvalue weighted by Crippen LogP contribution is -2.33. The van der Waals surface area contributed by atoms with E-state index in [0.717, 1.165) is 19.4 Å². The fourth-order valence-corrected chi connectivity index (χ4v) is 3.23. The quantitative estimate of drug-likeness (QED) is 0.940. The summed E-state index contributed by atoms with van der Waals surface area (Å²) >= 11 is 0. The summed E-state index contributed by atoms with van der Waals surface area (Å²) in [5, 5.41) is 2.79. The predicted molar refractivity (Wildman–Crippen MR) is 88.7 cm³/mol. The van der Waals surface area contributed by atoms with Crippen molar-refractivity contribution >= 4 is 11.6 Å². The number of benzene rings is 1. The molecule has 1 aromatic heterocycles. The topological polar surface area (TPSA) is 37.3 Å². The molecule has 0 radical (unpaired) electrons. The molecule has 1 aliphatic heterocycles. The largest absolute Gasteiger partial charge is 0.353 e. The van der Waals surface area contributed by atoms with Crippen LogP contribution in [0.5, 0.6) is 0 Å². The molecule has 2 aromatic rings. The molecule has 1 atom stereocenters. The first-order valence-electron chi connectivity index (χ1n) is 7.96. The number of nitrogens with one attached hydrogen (secondary N) is 1. The van der Waals surface area contributed by atoms with Crippen molar-refractivity contribution < 1.29 is 9.18 Å². The van der Waals surface area contributed by atoms with E-state index >= 15 is 0 Å². The van der Waals surface area contributed by atoms with Crippen LogP contribution in [-0.4, -0.2) is 28.5 Å². The van der Waals surface area contributed by atoms with Gasteiger partial charge in [-0.2, -0.15) is 0 Å². The number of hydrogen-bond donors (Lipinski definition) is 1. The summed E-state index contributed by atoms with van der Waals surface area (Å²) < 4.78 is 15.7. The highest BCUT2D eigenvalue weighted by atomic mass is 19.1. The first-order chi connectivity index (χ1) is 11.0. The summed E-state index contributed by atoms with van der Waals surface area (Å²) in [6, 6.07) is 9.18. The van der Waals surface area contributed by atoms with Crippen molar-refractivity contribution in [2.24, 2.45) is 7.05 Å². The normalized spacial score (nSPS) is 18.3. The highest BCUT2D eigenvalue weighted by molar-refractivity contribution is 5.92. The molecule has 1 aromatic carbocycles. The monoisotopic (exact) mass is 315 g/mol. The van der Waals surface area contributed by atoms with Gasteiger partial charge in [-0.15, -0.1) is 0 Å². The van der Waals surface area contributed by atoms with Gasteiger partial charge in [-0.25, -0.2) is 4.39 Å². The van der Waals surface area contributed by atoms with E-state index in [1.165, 1.54) is 11.8 Å². The number of rotatable bonds is 4. The number of amides is 1. The average Bonchev–Trinajstić information content (AvgIpc) is 3.11. The molecule has 1 fully saturated rings. The molecule has 4 nitrogen and oxygen atoms in total. The molecule has 0 spiro atoms. The fourth-order valence-electron chi connectivity index (χ4n) is 3.23. The van der Waals surface area contributed by atoms with Crippen molar-refractivity contribution in [3.05, 3.63) is 53.6 Å². The SMILES string of the molecule is Cc1ccc(NC(=O)CN2CCC[C@@H]2c2cccn2C)cc1F. The van der Waals surface area contributed by atoms with Gasteiger partial charge in [-0.1, -0.05) is 6.07 Å². The minimum atomic E-state index is -0.300. The molecule has 2 heterocycles. The van der Waals surface area contributed by atoms with Crippen LogP contribution in [0.1, 0.15) is 30.1 Å². The van der Waals surface area contributed by atoms with Gasteiger partial charge in [-0.3, -0.25) is 9.69 Å². The van der Waals surface area contributed by atoms with Gasteiger partial charge in [0, 0.05) is 24.6 Å². The van der Waals surface area contributed by atoms with Crippen molar-refractivity contribution in [3.63, 3.8) is 0 Å². The molecule has 3 rings (SSSR count). The smallest absolute Gasteiger partial charge is 0.238 e. The van der Waals surface area contributed by atoms with Gasteiger partial charge in [-0.05, 0) is 56.1 Å². The first-order valence-corrected chi connectivity index (χ1v) is 7.96. The second-order valence-electron chi connectivity index (χ2n) is 6.18. The number of hydrogen-bond acceptors (Lipinski definition) is 2. The molecule has 1 saturated heterocycles. The highest BCUT2D eigenvalue weighted by Crippen LogP contribution is 2.31. The van der Waals surface area contributed by atoms with Gasteiger partial charge < -0.3 is 9.88 Å². The number of carbonyl (C=O) groups is 1. The van der Waals surface area contributed by atoms with E-state index in [1.807, 2.05) is 19.3 Å². The van der Waals surface area contributed by atoms with Crippen LogP contribution in [0.25, 0.3) is 0 Å². The van der Waals surface area contributed by atoms with Gasteiger partial charge in [0.25, 0.3) is 0 Å². The van der Waals surface area contributed by atoms with E-state index < -0.39 is 0 Å². The molecule has 1 amide bonds. The molecular weight excluding hydrogens is 293 g/mol. The van der Waals surface area contributed by atoms with Gasteiger partial charge >= 0.3 is 0 Å². The summed E-state index contributed by atoms with van der Waals surface area (Å²) in [7, 11) is 2.03. The maximum Gasteiger partial charge on any atom is 0.238 e. The molecule has 0 unspecified atom stereocenters. The molecular formula is C18H22FN3O. The lowest BCUT2D eigenvalue weighted by Gasteiger charge is -2.24. The van der Waals surface area contributed by atoms with Gasteiger partial charge in [0.15, 0.2) is 0 Å². The number of anilines is 1. The molecule has 5 heteroatoms. The second-order valence-corrected chi connectivity index (χ2v) is 6.18. The third-order valence-corrected chi connectivity index (χ3v) is 4.49. The first kappa shape index (κ1) is 15.7. The summed E-state index contributed by atoms with van der Waals surface area (Å²) in [6.45, 7) is 2.94. The number of aryl methyl sites for hydroxylation is 2. The zero-order chi connectivity index (χ0) is 16.4. The van der Waals surface area contributed by atoms with E-state index in [0.29, 0.717) is 17.8 Å². The summed E-state index contributed by atoms with van der Waals surface area (Å²) in [5.74, 6) is -0.403. The van der Waals surface area contributed by atoms with E-state index in [9.17, 15) is 9.18 Å². The maximum absolute atomic E-state index is 13.6. The summed E-state index contributed by atoms with van der Waals surface area (Å²) in [6.07, 6.45) is 4.17. The average molecular weight is 315 g/mol. The van der Waals surface area contributed by atoms with E-state index in [-0.39, 0.29) is 17.8 Å². The van der Waals surface area contributed by atoms with Crippen LogP contribution in [0.2, 0.25) is 0 Å². The molecule has 0 saturated carbocycles. The minimum Gasteiger partial charge on any atom is -0.353 e. The maximum atomic E-state index is 13.6. The zero-order valence-electron chi connectivity index (χ0n) is 13.6. The molecule has 0 bridgehead atoms. The van der Waals surface area contributed by atoms with Crippen molar-refractivity contribution in [3.8, 4) is 0 Å². The number of likely N-dealkylation sites (tertiary alicyclic amines) is 1. The molecule has 1 aliphatic rings. The minimum absolute atomic E-state index is 0.102. The van der Waals surface area contributed by atoms with Crippen LogP contribution in [-0.2, 0) is 11.8 Å². The van der Waals surface area contributed by atoms with Crippen LogP contribution in [0.4, 0.5) is 10.1 Å². The van der Waals surface area contributed by atoms with Crippen molar-refractivity contribution in [1.29, 1.82) is 0 Å². The van der Waals surface area contributed by atoms with Crippen molar-refractivity contribution in [2.45, 2.75) is 25.8 Å². The van der Waals surface area contributed by atoms with E-state index in [4.69, 9.17) is 0 Å². The van der Waals surface area contributed by atoms with Crippen LogP contribution >= 0.6 is 0 Å². The van der Waals surface area contributed by atoms with Gasteiger partial charge in [0.1, 0.15) is 5.82 Å². The van der Waals surface area contributed by atoms with Crippen LogP contribution in [0.15, 0.2) is 36.5 Å². The Morgan fingerprint density at radius 1 is 1.39 bits per heavy atom. The lowest BCUT2D eigenvalue weighted by atomic mass is 10.1. The Labute approximate surface area is 135 Å². The molecule has 122 valence electrons. The fraction of sp³-hybridized carbons (Fsp3) is 0.389. The van der Waals surface area contributed by atoms with Crippen molar-refractivity contribution in [1.82, 2.24) is 9.47 Å². The Morgan fingerprint density at radius 3 is 2.91 bits per heavy atom. The predicted octanol–water partition coefficient (Wildman–Crippen LogP) is 3.25. The second kappa shape index (κ2) is 6.54. The highest BCUT2D eigenvalue weighted by Gasteiger charge is 2.28. The Morgan fingerprint density at radius 2 is 2.22 bits per heavy atom. The van der Waals surface area contributed by atoms with E-state index in [2.05, 4.69) is 20.9 Å². The third kappa shape index (κ3) is 3.45. The van der Waals surface area contributed by atoms with Crippen molar-refractivity contribution in [2.75, 3.05) is 18.4 Å². The van der Waals surface area contributed by atoms with Gasteiger partial charge in [0.2, 0.25) is 5.91 Å². The number of nitrogens with zero attached hydrogens (tertiary/aromatic N) is 2. The summed E-state index contributed by atoms with van der Waals surface area (Å²) in [4.78, 5) is 14.5. The summed E-state index contributed by atoms with van der Waals surface area (Å²) in [5.41, 5.74) is 2.32. The Hall–Kier alpha value is -2.14. The van der Waals surface area contributed by atoms with Crippen LogP contribution < -0.4 is 5.32 Å². The van der Waals surface area contributed by atoms with Gasteiger partial charge in [0.05, 0.1) is 12.6 Å². The standard InChI is InChI=1S/C18H22FN3O/c1-13-7-8-14(11-15(13)19)20-18(23)12-22-10-4-6-17(22)16-5-3-9-21(16)2/h3,5,7-9,11,17H,4,6,10,12H2,1-2H3,(H,20,23)/t17-/m1/s1. The third-order valence-electron chi connectivity index (χ3n) is 4.49. The number of halogens is 1. The molecule has 0 aliphatic carbocycles. The zero-order valence-corrected chi connectivity index (χ0v) is 13.6. The van der Waals surface area contributed by atoms with E-state index in [1.54, 1.807) is 19.1 Å². The molecule has 1 N–H and O–H groups in total.